The van der Waals surface area contributed by atoms with Gasteiger partial charge in [-0.25, -0.2) is 9.18 Å². The molecule has 0 fully saturated rings. The van der Waals surface area contributed by atoms with Gasteiger partial charge in [0.25, 0.3) is 0 Å². The van der Waals surface area contributed by atoms with Crippen LogP contribution in [0.1, 0.15) is 0 Å². The van der Waals surface area contributed by atoms with Crippen molar-refractivity contribution in [3.05, 3.63) is 53.3 Å². The molecule has 98 valence electrons. The Bertz CT molecular complexity index is 598. The Labute approximate surface area is 114 Å². The number of amides is 2. The number of hydrogen-bond donors (Lipinski definition) is 3. The monoisotopic (exact) mass is 279 g/mol. The van der Waals surface area contributed by atoms with Gasteiger partial charge in [0.2, 0.25) is 0 Å². The normalized spacial score (nSPS) is 10.0. The molecule has 2 amide bonds. The number of rotatable bonds is 2. The number of para-hydroxylation sites is 1. The van der Waals surface area contributed by atoms with Crippen molar-refractivity contribution in [2.24, 2.45) is 0 Å². The Morgan fingerprint density at radius 2 is 1.89 bits per heavy atom. The van der Waals surface area contributed by atoms with Crippen LogP contribution in [-0.4, -0.2) is 6.03 Å². The number of hydrogen-bond acceptors (Lipinski definition) is 2. The summed E-state index contributed by atoms with van der Waals surface area (Å²) < 4.78 is 13.5. The number of urea groups is 1. The molecular formula is C13H11ClFN3O. The summed E-state index contributed by atoms with van der Waals surface area (Å²) in [4.78, 5) is 11.7. The van der Waals surface area contributed by atoms with E-state index in [0.29, 0.717) is 11.4 Å². The van der Waals surface area contributed by atoms with Gasteiger partial charge in [0, 0.05) is 11.4 Å². The van der Waals surface area contributed by atoms with Crippen LogP contribution in [0.2, 0.25) is 5.02 Å². The Balaban J connectivity index is 2.10. The molecule has 2 aromatic carbocycles. The highest BCUT2D eigenvalue weighted by Crippen LogP contribution is 2.24. The highest BCUT2D eigenvalue weighted by atomic mass is 35.5. The minimum atomic E-state index is -0.602. The van der Waals surface area contributed by atoms with Crippen LogP contribution >= 0.6 is 11.6 Å². The van der Waals surface area contributed by atoms with Gasteiger partial charge in [0.1, 0.15) is 5.82 Å². The van der Waals surface area contributed by atoms with Crippen LogP contribution in [0, 0.1) is 5.82 Å². The predicted molar refractivity (Wildman–Crippen MR) is 74.9 cm³/mol. The SMILES string of the molecule is Nc1cccc(NC(=O)Nc2c(F)cccc2Cl)c1. The zero-order valence-corrected chi connectivity index (χ0v) is 10.5. The molecule has 4 N–H and O–H groups in total. The summed E-state index contributed by atoms with van der Waals surface area (Å²) in [5, 5.41) is 5.01. The first-order valence-corrected chi connectivity index (χ1v) is 5.81. The maximum Gasteiger partial charge on any atom is 0.323 e. The van der Waals surface area contributed by atoms with Crippen molar-refractivity contribution in [1.29, 1.82) is 0 Å². The second kappa shape index (κ2) is 5.58. The van der Waals surface area contributed by atoms with Gasteiger partial charge < -0.3 is 16.4 Å². The molecule has 0 aliphatic carbocycles. The molecule has 0 aromatic heterocycles. The van der Waals surface area contributed by atoms with Crippen LogP contribution in [0.3, 0.4) is 0 Å². The van der Waals surface area contributed by atoms with Crippen LogP contribution in [-0.2, 0) is 0 Å². The van der Waals surface area contributed by atoms with Crippen molar-refractivity contribution in [3.8, 4) is 0 Å². The van der Waals surface area contributed by atoms with Crippen LogP contribution in [0.4, 0.5) is 26.2 Å². The second-order valence-corrected chi connectivity index (χ2v) is 4.21. The Hall–Kier alpha value is -2.27. The molecule has 0 atom stereocenters. The lowest BCUT2D eigenvalue weighted by Gasteiger charge is -2.10. The summed E-state index contributed by atoms with van der Waals surface area (Å²) in [5.41, 5.74) is 6.54. The molecule has 0 radical (unpaired) electrons. The third kappa shape index (κ3) is 3.35. The molecule has 0 aliphatic heterocycles. The summed E-state index contributed by atoms with van der Waals surface area (Å²) in [6, 6.07) is 10.2. The predicted octanol–water partition coefficient (Wildman–Crippen LogP) is 3.71. The summed E-state index contributed by atoms with van der Waals surface area (Å²) in [5.74, 6) is -0.602. The zero-order chi connectivity index (χ0) is 13.8. The molecule has 0 aliphatic rings. The number of benzene rings is 2. The second-order valence-electron chi connectivity index (χ2n) is 3.80. The molecule has 0 spiro atoms. The molecule has 19 heavy (non-hydrogen) atoms. The Kier molecular flexibility index (Phi) is 3.87. The van der Waals surface area contributed by atoms with Gasteiger partial charge >= 0.3 is 6.03 Å². The summed E-state index contributed by atoms with van der Waals surface area (Å²) in [7, 11) is 0. The molecule has 0 saturated heterocycles. The smallest absolute Gasteiger partial charge is 0.323 e. The van der Waals surface area contributed by atoms with Crippen LogP contribution in [0.5, 0.6) is 0 Å². The van der Waals surface area contributed by atoms with E-state index >= 15 is 0 Å². The number of nitrogens with one attached hydrogen (secondary N) is 2. The molecule has 6 heteroatoms. The lowest BCUT2D eigenvalue weighted by Crippen LogP contribution is -2.20. The fraction of sp³-hybridized carbons (Fsp3) is 0. The lowest BCUT2D eigenvalue weighted by atomic mass is 10.3. The van der Waals surface area contributed by atoms with Gasteiger partial charge in [-0.3, -0.25) is 0 Å². The maximum absolute atomic E-state index is 13.5. The van der Waals surface area contributed by atoms with E-state index in [1.165, 1.54) is 18.2 Å². The molecule has 2 rings (SSSR count). The van der Waals surface area contributed by atoms with Crippen molar-refractivity contribution < 1.29 is 9.18 Å². The lowest BCUT2D eigenvalue weighted by molar-refractivity contribution is 0.262. The van der Waals surface area contributed by atoms with E-state index in [2.05, 4.69) is 10.6 Å². The number of carbonyl (C=O) groups excluding carboxylic acids is 1. The number of halogens is 2. The molecule has 0 bridgehead atoms. The minimum Gasteiger partial charge on any atom is -0.399 e. The van der Waals surface area contributed by atoms with E-state index in [0.717, 1.165) is 0 Å². The molecule has 4 nitrogen and oxygen atoms in total. The minimum absolute atomic E-state index is 0.0643. The van der Waals surface area contributed by atoms with Crippen LogP contribution < -0.4 is 16.4 Å². The highest BCUT2D eigenvalue weighted by Gasteiger charge is 2.10. The largest absolute Gasteiger partial charge is 0.399 e. The number of nitrogens with two attached hydrogens (primary N) is 1. The van der Waals surface area contributed by atoms with Crippen molar-refractivity contribution in [1.82, 2.24) is 0 Å². The van der Waals surface area contributed by atoms with E-state index in [4.69, 9.17) is 17.3 Å². The van der Waals surface area contributed by atoms with E-state index in [9.17, 15) is 9.18 Å². The third-order valence-corrected chi connectivity index (χ3v) is 2.66. The molecule has 0 saturated carbocycles. The van der Waals surface area contributed by atoms with E-state index < -0.39 is 11.8 Å². The van der Waals surface area contributed by atoms with Gasteiger partial charge in [-0.2, -0.15) is 0 Å². The van der Waals surface area contributed by atoms with Gasteiger partial charge in [0.05, 0.1) is 10.7 Å². The standard InChI is InChI=1S/C13H11ClFN3O/c14-10-5-2-6-11(15)12(10)18-13(19)17-9-4-1-3-8(16)7-9/h1-7H,16H2,(H2,17,18,19). The quantitative estimate of drug-likeness (QED) is 0.734. The number of anilines is 3. The molecule has 0 unspecified atom stereocenters. The number of carbonyl (C=O) groups is 1. The van der Waals surface area contributed by atoms with E-state index in [1.54, 1.807) is 24.3 Å². The first-order chi connectivity index (χ1) is 9.06. The fourth-order valence-electron chi connectivity index (χ4n) is 1.51. The van der Waals surface area contributed by atoms with Crippen molar-refractivity contribution >= 4 is 34.7 Å². The first kappa shape index (κ1) is 13.2. The summed E-state index contributed by atoms with van der Waals surface area (Å²) in [6.45, 7) is 0. The Morgan fingerprint density at radius 3 is 2.58 bits per heavy atom. The topological polar surface area (TPSA) is 67.1 Å². The van der Waals surface area contributed by atoms with Crippen LogP contribution in [0.15, 0.2) is 42.5 Å². The molecule has 0 heterocycles. The fourth-order valence-corrected chi connectivity index (χ4v) is 1.72. The first-order valence-electron chi connectivity index (χ1n) is 5.44. The van der Waals surface area contributed by atoms with Gasteiger partial charge in [-0.05, 0) is 30.3 Å². The summed E-state index contributed by atoms with van der Waals surface area (Å²) >= 11 is 5.80. The van der Waals surface area contributed by atoms with Crippen molar-refractivity contribution in [3.63, 3.8) is 0 Å². The van der Waals surface area contributed by atoms with Gasteiger partial charge in [0.15, 0.2) is 0 Å². The van der Waals surface area contributed by atoms with Gasteiger partial charge in [-0.15, -0.1) is 0 Å². The average molecular weight is 280 g/mol. The highest BCUT2D eigenvalue weighted by molar-refractivity contribution is 6.33. The van der Waals surface area contributed by atoms with E-state index in [-0.39, 0.29) is 10.7 Å². The average Bonchev–Trinajstić information content (AvgIpc) is 2.34. The van der Waals surface area contributed by atoms with Crippen molar-refractivity contribution in [2.45, 2.75) is 0 Å². The third-order valence-electron chi connectivity index (χ3n) is 2.35. The van der Waals surface area contributed by atoms with Gasteiger partial charge in [-0.1, -0.05) is 23.7 Å². The summed E-state index contributed by atoms with van der Waals surface area (Å²) in [6.07, 6.45) is 0. The molecule has 2 aromatic rings. The Morgan fingerprint density at radius 1 is 1.16 bits per heavy atom. The van der Waals surface area contributed by atoms with Crippen LogP contribution in [0.25, 0.3) is 0 Å². The number of nitrogen functional groups attached to an aromatic ring is 1. The molecular weight excluding hydrogens is 269 g/mol. The maximum atomic E-state index is 13.5. The zero-order valence-electron chi connectivity index (χ0n) is 9.78. The van der Waals surface area contributed by atoms with Crippen molar-refractivity contribution in [2.75, 3.05) is 16.4 Å². The van der Waals surface area contributed by atoms with E-state index in [1.807, 2.05) is 0 Å².